The van der Waals surface area contributed by atoms with Crippen molar-refractivity contribution in [2.24, 2.45) is 0 Å². The second-order valence-corrected chi connectivity index (χ2v) is 9.31. The Kier molecular flexibility index (Phi) is 13.3. The molecule has 1 aromatic carbocycles. The lowest BCUT2D eigenvalue weighted by Gasteiger charge is -2.34. The fourth-order valence-corrected chi connectivity index (χ4v) is 3.85. The number of nitrogens with one attached hydrogen (secondary N) is 1. The van der Waals surface area contributed by atoms with E-state index >= 15 is 0 Å². The largest absolute Gasteiger partial charge is 0.490 e. The van der Waals surface area contributed by atoms with Gasteiger partial charge in [-0.2, -0.15) is 26.3 Å². The minimum absolute atomic E-state index is 0.127. The topological polar surface area (TPSA) is 108 Å². The second kappa shape index (κ2) is 14.9. The highest BCUT2D eigenvalue weighted by Gasteiger charge is 2.43. The lowest BCUT2D eigenvalue weighted by molar-refractivity contribution is -0.193. The van der Waals surface area contributed by atoms with Crippen LogP contribution in [0.3, 0.4) is 0 Å². The van der Waals surface area contributed by atoms with Gasteiger partial charge in [0.1, 0.15) is 5.60 Å². The van der Waals surface area contributed by atoms with E-state index in [2.05, 4.69) is 30.1 Å². The van der Waals surface area contributed by atoms with Gasteiger partial charge in [0.15, 0.2) is 0 Å². The summed E-state index contributed by atoms with van der Waals surface area (Å²) in [5.74, 6) is -5.51. The molecule has 1 spiro atoms. The maximum Gasteiger partial charge on any atom is 0.490 e. The molecule has 2 fully saturated rings. The zero-order valence-electron chi connectivity index (χ0n) is 20.7. The van der Waals surface area contributed by atoms with E-state index in [9.17, 15) is 26.3 Å². The molecule has 0 saturated carbocycles. The van der Waals surface area contributed by atoms with Gasteiger partial charge in [-0.05, 0) is 38.3 Å². The summed E-state index contributed by atoms with van der Waals surface area (Å²) in [6, 6.07) is 8.51. The van der Waals surface area contributed by atoms with Crippen LogP contribution in [-0.2, 0) is 25.6 Å². The van der Waals surface area contributed by atoms with Gasteiger partial charge in [0.2, 0.25) is 0 Å². The monoisotopic (exact) mass is 580 g/mol. The first kappa shape index (κ1) is 33.9. The van der Waals surface area contributed by atoms with Gasteiger partial charge in [-0.15, -0.1) is 0 Å². The van der Waals surface area contributed by atoms with Crippen LogP contribution in [0, 0.1) is 0 Å². The van der Waals surface area contributed by atoms with E-state index in [4.69, 9.17) is 40.9 Å². The molecule has 0 radical (unpaired) electrons. The molecule has 15 heteroatoms. The molecule has 1 aromatic rings. The van der Waals surface area contributed by atoms with Gasteiger partial charge in [-0.3, -0.25) is 4.90 Å². The summed E-state index contributed by atoms with van der Waals surface area (Å²) < 4.78 is 75.8. The van der Waals surface area contributed by atoms with Gasteiger partial charge in [-0.1, -0.05) is 29.8 Å². The van der Waals surface area contributed by atoms with Crippen molar-refractivity contribution in [1.82, 2.24) is 10.2 Å². The first-order chi connectivity index (χ1) is 17.5. The van der Waals surface area contributed by atoms with E-state index in [1.807, 2.05) is 18.2 Å². The summed E-state index contributed by atoms with van der Waals surface area (Å²) in [5.41, 5.74) is 1.01. The van der Waals surface area contributed by atoms with Crippen molar-refractivity contribution in [2.45, 2.75) is 63.3 Å². The number of hydrogen-bond acceptors (Lipinski definition) is 6. The Morgan fingerprint density at radius 3 is 2.18 bits per heavy atom. The van der Waals surface area contributed by atoms with E-state index in [1.54, 1.807) is 0 Å². The summed E-state index contributed by atoms with van der Waals surface area (Å²) >= 11 is 6.21. The van der Waals surface area contributed by atoms with Crippen LogP contribution in [0.15, 0.2) is 24.3 Å². The molecule has 0 aliphatic carbocycles. The standard InChI is InChI=1S/C19H29ClN2O2.2C2HF3O2/c1-15(2)22-9-10-23-14-19(13-22)8-7-17(24-19)12-21-11-16-5-3-4-6-18(16)20;2*3-2(4,5)1(6)7/h3-6,15,17,21H,7-14H2,1-2H3;2*(H,6,7). The highest BCUT2D eigenvalue weighted by atomic mass is 35.5. The number of carboxylic acid groups (broad SMARTS) is 2. The molecule has 3 N–H and O–H groups in total. The van der Waals surface area contributed by atoms with Gasteiger partial charge < -0.3 is 25.0 Å². The maximum absolute atomic E-state index is 10.6. The molecule has 2 saturated heterocycles. The van der Waals surface area contributed by atoms with Crippen molar-refractivity contribution in [3.05, 3.63) is 34.9 Å². The van der Waals surface area contributed by atoms with Crippen LogP contribution in [0.1, 0.15) is 32.3 Å². The van der Waals surface area contributed by atoms with Crippen LogP contribution in [0.2, 0.25) is 5.02 Å². The van der Waals surface area contributed by atoms with Crippen LogP contribution in [0.5, 0.6) is 0 Å². The van der Waals surface area contributed by atoms with Crippen molar-refractivity contribution in [2.75, 3.05) is 32.8 Å². The first-order valence-corrected chi connectivity index (χ1v) is 11.9. The SMILES string of the molecule is CC(C)N1CCOCC2(CCC(CNCc3ccccc3Cl)O2)C1.O=C(O)C(F)(F)F.O=C(O)C(F)(F)F. The Bertz CT molecular complexity index is 878. The van der Waals surface area contributed by atoms with Crippen molar-refractivity contribution >= 4 is 23.5 Å². The van der Waals surface area contributed by atoms with E-state index in [0.29, 0.717) is 6.04 Å². The molecule has 0 amide bonds. The van der Waals surface area contributed by atoms with Crippen molar-refractivity contribution < 1.29 is 55.6 Å². The molecule has 218 valence electrons. The summed E-state index contributed by atoms with van der Waals surface area (Å²) in [4.78, 5) is 20.3. The van der Waals surface area contributed by atoms with Gasteiger partial charge in [0.25, 0.3) is 0 Å². The number of halogens is 7. The highest BCUT2D eigenvalue weighted by molar-refractivity contribution is 6.31. The number of alkyl halides is 6. The van der Waals surface area contributed by atoms with E-state index in [0.717, 1.165) is 62.8 Å². The summed E-state index contributed by atoms with van der Waals surface area (Å²) in [6.45, 7) is 9.63. The Morgan fingerprint density at radius 1 is 1.13 bits per heavy atom. The molecule has 2 heterocycles. The molecule has 0 bridgehead atoms. The third-order valence-corrected chi connectivity index (χ3v) is 5.95. The van der Waals surface area contributed by atoms with E-state index in [1.165, 1.54) is 0 Å². The zero-order chi connectivity index (χ0) is 29.1. The van der Waals surface area contributed by atoms with Crippen LogP contribution < -0.4 is 5.32 Å². The molecule has 3 rings (SSSR count). The average molecular weight is 581 g/mol. The summed E-state index contributed by atoms with van der Waals surface area (Å²) in [7, 11) is 0. The molecular formula is C23H31ClF6N2O6. The fourth-order valence-electron chi connectivity index (χ4n) is 3.65. The molecule has 2 aliphatic rings. The van der Waals surface area contributed by atoms with Gasteiger partial charge >= 0.3 is 24.3 Å². The number of rotatable bonds is 5. The van der Waals surface area contributed by atoms with Crippen molar-refractivity contribution in [3.63, 3.8) is 0 Å². The second-order valence-electron chi connectivity index (χ2n) is 8.91. The summed E-state index contributed by atoms with van der Waals surface area (Å²) in [6.07, 6.45) is -7.75. The minimum atomic E-state index is -5.08. The Balaban J connectivity index is 0.000000426. The lowest BCUT2D eigenvalue weighted by Crippen LogP contribution is -2.47. The number of hydrogen-bond donors (Lipinski definition) is 3. The Hall–Kier alpha value is -2.13. The quantitative estimate of drug-likeness (QED) is 0.441. The van der Waals surface area contributed by atoms with Crippen LogP contribution in [0.25, 0.3) is 0 Å². The number of aliphatic carboxylic acids is 2. The zero-order valence-corrected chi connectivity index (χ0v) is 21.5. The van der Waals surface area contributed by atoms with E-state index in [-0.39, 0.29) is 11.7 Å². The predicted octanol–water partition coefficient (Wildman–Crippen LogP) is 4.35. The molecule has 38 heavy (non-hydrogen) atoms. The Labute approximate surface area is 220 Å². The maximum atomic E-state index is 10.6. The van der Waals surface area contributed by atoms with E-state index < -0.39 is 24.3 Å². The number of carboxylic acids is 2. The molecule has 2 aliphatic heterocycles. The van der Waals surface area contributed by atoms with Gasteiger partial charge in [0, 0.05) is 37.2 Å². The highest BCUT2D eigenvalue weighted by Crippen LogP contribution is 2.33. The van der Waals surface area contributed by atoms with Gasteiger partial charge in [0.05, 0.1) is 19.3 Å². The molecule has 2 atom stereocenters. The average Bonchev–Trinajstić information content (AvgIpc) is 3.06. The molecular weight excluding hydrogens is 550 g/mol. The van der Waals surface area contributed by atoms with Crippen LogP contribution in [0.4, 0.5) is 26.3 Å². The van der Waals surface area contributed by atoms with Crippen molar-refractivity contribution in [3.8, 4) is 0 Å². The first-order valence-electron chi connectivity index (χ1n) is 11.5. The third kappa shape index (κ3) is 12.2. The number of carbonyl (C=O) groups is 2. The smallest absolute Gasteiger partial charge is 0.475 e. The lowest BCUT2D eigenvalue weighted by atomic mass is 9.99. The predicted molar refractivity (Wildman–Crippen MR) is 125 cm³/mol. The number of benzene rings is 1. The number of nitrogens with zero attached hydrogens (tertiary/aromatic N) is 1. The molecule has 0 aromatic heterocycles. The third-order valence-electron chi connectivity index (χ3n) is 5.58. The van der Waals surface area contributed by atoms with Crippen LogP contribution >= 0.6 is 11.6 Å². The molecule has 8 nitrogen and oxygen atoms in total. The normalized spacial score (nSPS) is 22.2. The number of ether oxygens (including phenoxy) is 2. The van der Waals surface area contributed by atoms with Crippen LogP contribution in [-0.4, -0.2) is 90.0 Å². The fraction of sp³-hybridized carbons (Fsp3) is 0.652. The summed E-state index contributed by atoms with van der Waals surface area (Å²) in [5, 5.41) is 18.6. The van der Waals surface area contributed by atoms with Gasteiger partial charge in [-0.25, -0.2) is 9.59 Å². The van der Waals surface area contributed by atoms with Crippen molar-refractivity contribution in [1.29, 1.82) is 0 Å². The minimum Gasteiger partial charge on any atom is -0.475 e. The molecule has 2 unspecified atom stereocenters. The Morgan fingerprint density at radius 2 is 1.68 bits per heavy atom.